The Balaban J connectivity index is 1.61. The second kappa shape index (κ2) is 4.90. The number of hydrogen-bond donors (Lipinski definition) is 1. The van der Waals surface area contributed by atoms with E-state index in [2.05, 4.69) is 47.5 Å². The molecule has 1 N–H and O–H groups in total. The molecule has 4 heteroatoms. The molecule has 1 aliphatic heterocycles. The number of nitrogens with one attached hydrogen (secondary N) is 1. The molecule has 2 aliphatic rings. The van der Waals surface area contributed by atoms with Gasteiger partial charge < -0.3 is 14.6 Å². The summed E-state index contributed by atoms with van der Waals surface area (Å²) in [4.78, 5) is 6.95. The molecule has 0 saturated heterocycles. The van der Waals surface area contributed by atoms with Gasteiger partial charge in [-0.2, -0.15) is 0 Å². The molecule has 2 heterocycles. The van der Waals surface area contributed by atoms with E-state index in [1.54, 1.807) is 0 Å². The molecule has 0 bridgehead atoms. The maximum absolute atomic E-state index is 5.96. The van der Waals surface area contributed by atoms with Crippen LogP contribution in [0.25, 0.3) is 0 Å². The fourth-order valence-corrected chi connectivity index (χ4v) is 2.84. The summed E-state index contributed by atoms with van der Waals surface area (Å²) in [6.45, 7) is 5.69. The Kier molecular flexibility index (Phi) is 2.99. The summed E-state index contributed by atoms with van der Waals surface area (Å²) < 4.78 is 5.96. The zero-order valence-electron chi connectivity index (χ0n) is 13.1. The highest BCUT2D eigenvalue weighted by molar-refractivity contribution is 6.04. The summed E-state index contributed by atoms with van der Waals surface area (Å²) in [5.41, 5.74) is 2.58. The monoisotopic (exact) mass is 295 g/mol. The average Bonchev–Trinajstić information content (AvgIpc) is 3.09. The number of amidine groups is 1. The van der Waals surface area contributed by atoms with Crippen molar-refractivity contribution in [2.45, 2.75) is 38.8 Å². The van der Waals surface area contributed by atoms with Crippen molar-refractivity contribution in [3.63, 3.8) is 0 Å². The fourth-order valence-electron chi connectivity index (χ4n) is 2.84. The van der Waals surface area contributed by atoms with Gasteiger partial charge in [-0.05, 0) is 38.3 Å². The van der Waals surface area contributed by atoms with E-state index in [9.17, 15) is 0 Å². The van der Waals surface area contributed by atoms with E-state index < -0.39 is 0 Å². The first-order chi connectivity index (χ1) is 10.6. The van der Waals surface area contributed by atoms with Gasteiger partial charge in [-0.15, -0.1) is 0 Å². The van der Waals surface area contributed by atoms with Crippen molar-refractivity contribution in [3.8, 4) is 0 Å². The maximum atomic E-state index is 5.96. The van der Waals surface area contributed by atoms with E-state index in [4.69, 9.17) is 9.41 Å². The number of nitrogens with zero attached hydrogens (tertiary/aromatic N) is 2. The molecule has 1 fully saturated rings. The Hall–Kier alpha value is -2.23. The molecule has 0 amide bonds. The molecule has 1 saturated carbocycles. The molecule has 1 aliphatic carbocycles. The van der Waals surface area contributed by atoms with Crippen LogP contribution in [0, 0.1) is 6.92 Å². The fraction of sp³-hybridized carbons (Fsp3) is 0.389. The SMILES string of the molecule is Cc1cc2c(o1)N(Cc1ccccc1)CN=C2NC1(C)CC1. The molecule has 22 heavy (non-hydrogen) atoms. The van der Waals surface area contributed by atoms with Crippen LogP contribution < -0.4 is 10.2 Å². The summed E-state index contributed by atoms with van der Waals surface area (Å²) in [6.07, 6.45) is 2.43. The quantitative estimate of drug-likeness (QED) is 0.943. The van der Waals surface area contributed by atoms with E-state index in [1.807, 2.05) is 13.0 Å². The lowest BCUT2D eigenvalue weighted by Gasteiger charge is -2.27. The van der Waals surface area contributed by atoms with Crippen molar-refractivity contribution in [2.75, 3.05) is 11.6 Å². The largest absolute Gasteiger partial charge is 0.445 e. The minimum absolute atomic E-state index is 0.225. The van der Waals surface area contributed by atoms with Gasteiger partial charge in [0, 0.05) is 12.1 Å². The maximum Gasteiger partial charge on any atom is 0.208 e. The van der Waals surface area contributed by atoms with Crippen LogP contribution in [0.1, 0.15) is 36.7 Å². The van der Waals surface area contributed by atoms with Crippen LogP contribution in [0.4, 0.5) is 5.88 Å². The van der Waals surface area contributed by atoms with Gasteiger partial charge in [-0.25, -0.2) is 4.99 Å². The lowest BCUT2D eigenvalue weighted by atomic mass is 10.1. The minimum Gasteiger partial charge on any atom is -0.445 e. The average molecular weight is 295 g/mol. The van der Waals surface area contributed by atoms with E-state index in [-0.39, 0.29) is 5.54 Å². The standard InChI is InChI=1S/C18H21N3O/c1-13-10-15-16(20-18(2)8-9-18)19-12-21(17(15)22-13)11-14-6-4-3-5-7-14/h3-7,10H,8-9,11-12H2,1-2H3,(H,19,20). The zero-order chi connectivity index (χ0) is 15.2. The van der Waals surface area contributed by atoms with Gasteiger partial charge in [0.25, 0.3) is 0 Å². The molecule has 0 radical (unpaired) electrons. The van der Waals surface area contributed by atoms with Gasteiger partial charge in [0.2, 0.25) is 5.88 Å². The number of anilines is 1. The lowest BCUT2D eigenvalue weighted by Crippen LogP contribution is -2.39. The van der Waals surface area contributed by atoms with Crippen molar-refractivity contribution >= 4 is 11.7 Å². The normalized spacial score (nSPS) is 18.6. The smallest absolute Gasteiger partial charge is 0.208 e. The number of aryl methyl sites for hydroxylation is 1. The van der Waals surface area contributed by atoms with Crippen LogP contribution in [0.2, 0.25) is 0 Å². The van der Waals surface area contributed by atoms with Crippen molar-refractivity contribution in [2.24, 2.45) is 4.99 Å². The summed E-state index contributed by atoms with van der Waals surface area (Å²) >= 11 is 0. The summed E-state index contributed by atoms with van der Waals surface area (Å²) in [5.74, 6) is 2.85. The summed E-state index contributed by atoms with van der Waals surface area (Å²) in [5, 5.41) is 3.59. The van der Waals surface area contributed by atoms with Crippen LogP contribution in [-0.4, -0.2) is 18.0 Å². The van der Waals surface area contributed by atoms with E-state index in [0.717, 1.165) is 29.6 Å². The Labute approximate surface area is 130 Å². The molecule has 1 aromatic carbocycles. The number of rotatable bonds is 3. The highest BCUT2D eigenvalue weighted by Gasteiger charge is 2.39. The van der Waals surface area contributed by atoms with Gasteiger partial charge in [0.1, 0.15) is 18.3 Å². The Morgan fingerprint density at radius 3 is 2.77 bits per heavy atom. The highest BCUT2D eigenvalue weighted by atomic mass is 16.4. The van der Waals surface area contributed by atoms with Crippen molar-refractivity contribution < 1.29 is 4.42 Å². The molecule has 0 unspecified atom stereocenters. The Morgan fingerprint density at radius 2 is 2.05 bits per heavy atom. The minimum atomic E-state index is 0.225. The topological polar surface area (TPSA) is 40.8 Å². The number of furan rings is 1. The van der Waals surface area contributed by atoms with Crippen molar-refractivity contribution in [1.29, 1.82) is 0 Å². The molecule has 4 nitrogen and oxygen atoms in total. The highest BCUT2D eigenvalue weighted by Crippen LogP contribution is 2.37. The lowest BCUT2D eigenvalue weighted by molar-refractivity contribution is 0.513. The van der Waals surface area contributed by atoms with Crippen LogP contribution >= 0.6 is 0 Å². The van der Waals surface area contributed by atoms with Crippen LogP contribution in [0.15, 0.2) is 45.8 Å². The number of hydrogen-bond acceptors (Lipinski definition) is 4. The van der Waals surface area contributed by atoms with Gasteiger partial charge in [0.05, 0.1) is 5.56 Å². The first-order valence-electron chi connectivity index (χ1n) is 7.85. The first kappa shape index (κ1) is 13.4. The van der Waals surface area contributed by atoms with E-state index in [1.165, 1.54) is 18.4 Å². The number of benzene rings is 1. The number of aliphatic imine (C=N–C) groups is 1. The van der Waals surface area contributed by atoms with Gasteiger partial charge in [0.15, 0.2) is 0 Å². The zero-order valence-corrected chi connectivity index (χ0v) is 13.1. The molecule has 1 aromatic heterocycles. The third kappa shape index (κ3) is 2.49. The Bertz CT molecular complexity index is 713. The second-order valence-electron chi connectivity index (χ2n) is 6.59. The molecule has 2 aromatic rings. The van der Waals surface area contributed by atoms with Crippen LogP contribution in [-0.2, 0) is 6.54 Å². The Morgan fingerprint density at radius 1 is 1.27 bits per heavy atom. The molecule has 4 rings (SSSR count). The van der Waals surface area contributed by atoms with Crippen molar-refractivity contribution in [3.05, 3.63) is 53.3 Å². The predicted octanol–water partition coefficient (Wildman–Crippen LogP) is 3.45. The third-order valence-electron chi connectivity index (χ3n) is 4.41. The van der Waals surface area contributed by atoms with E-state index in [0.29, 0.717) is 6.67 Å². The van der Waals surface area contributed by atoms with Gasteiger partial charge in [-0.3, -0.25) is 0 Å². The predicted molar refractivity (Wildman–Crippen MR) is 88.2 cm³/mol. The summed E-state index contributed by atoms with van der Waals surface area (Å²) in [7, 11) is 0. The van der Waals surface area contributed by atoms with E-state index >= 15 is 0 Å². The summed E-state index contributed by atoms with van der Waals surface area (Å²) in [6, 6.07) is 12.5. The molecule has 114 valence electrons. The van der Waals surface area contributed by atoms with Crippen LogP contribution in [0.5, 0.6) is 0 Å². The molecular formula is C18H21N3O. The third-order valence-corrected chi connectivity index (χ3v) is 4.41. The number of fused-ring (bicyclic) bond motifs is 1. The first-order valence-corrected chi connectivity index (χ1v) is 7.85. The molecule has 0 atom stereocenters. The van der Waals surface area contributed by atoms with Gasteiger partial charge in [-0.1, -0.05) is 30.3 Å². The van der Waals surface area contributed by atoms with Crippen LogP contribution in [0.3, 0.4) is 0 Å². The molecular weight excluding hydrogens is 274 g/mol. The second-order valence-corrected chi connectivity index (χ2v) is 6.59. The van der Waals surface area contributed by atoms with Crippen molar-refractivity contribution in [1.82, 2.24) is 5.32 Å². The van der Waals surface area contributed by atoms with Gasteiger partial charge >= 0.3 is 0 Å². The molecule has 0 spiro atoms.